The van der Waals surface area contributed by atoms with Crippen molar-refractivity contribution >= 4 is 11.8 Å². The second-order valence-electron chi connectivity index (χ2n) is 3.78. The fourth-order valence-corrected chi connectivity index (χ4v) is 2.89. The van der Waals surface area contributed by atoms with Crippen molar-refractivity contribution < 1.29 is 9.50 Å². The highest BCUT2D eigenvalue weighted by Crippen LogP contribution is 2.35. The van der Waals surface area contributed by atoms with E-state index in [0.29, 0.717) is 5.25 Å². The Morgan fingerprint density at radius 3 is 3.00 bits per heavy atom. The Balaban J connectivity index is 2.18. The number of phenols is 1. The van der Waals surface area contributed by atoms with Crippen LogP contribution in [-0.4, -0.2) is 16.9 Å². The third-order valence-corrected chi connectivity index (χ3v) is 3.93. The summed E-state index contributed by atoms with van der Waals surface area (Å²) in [5.41, 5.74) is 0.891. The van der Waals surface area contributed by atoms with Gasteiger partial charge in [-0.05, 0) is 30.7 Å². The zero-order valence-electron chi connectivity index (χ0n) is 8.53. The van der Waals surface area contributed by atoms with E-state index in [2.05, 4.69) is 12.2 Å². The molecule has 2 atom stereocenters. The van der Waals surface area contributed by atoms with Crippen LogP contribution in [-0.2, 0) is 0 Å². The summed E-state index contributed by atoms with van der Waals surface area (Å²) in [6.45, 7) is 3.14. The molecule has 1 saturated heterocycles. The van der Waals surface area contributed by atoms with Crippen molar-refractivity contribution in [3.8, 4) is 5.75 Å². The molecule has 2 unspecified atom stereocenters. The fraction of sp³-hybridized carbons (Fsp3) is 0.455. The van der Waals surface area contributed by atoms with Crippen LogP contribution >= 0.6 is 11.8 Å². The fourth-order valence-electron chi connectivity index (χ4n) is 1.65. The number of hydrogen-bond donors (Lipinski definition) is 2. The van der Waals surface area contributed by atoms with Crippen molar-refractivity contribution in [2.45, 2.75) is 24.0 Å². The Morgan fingerprint density at radius 2 is 2.33 bits per heavy atom. The Kier molecular flexibility index (Phi) is 3.17. The average molecular weight is 227 g/mol. The number of hydrogen-bond acceptors (Lipinski definition) is 3. The molecule has 1 fully saturated rings. The zero-order chi connectivity index (χ0) is 10.8. The summed E-state index contributed by atoms with van der Waals surface area (Å²) in [6, 6.07) is 4.57. The monoisotopic (exact) mass is 227 g/mol. The average Bonchev–Trinajstić information content (AvgIpc) is 2.22. The highest BCUT2D eigenvalue weighted by molar-refractivity contribution is 8.00. The molecule has 0 spiro atoms. The minimum atomic E-state index is -0.548. The van der Waals surface area contributed by atoms with Gasteiger partial charge in [-0.15, -0.1) is 11.8 Å². The number of thioether (sulfide) groups is 1. The van der Waals surface area contributed by atoms with Crippen LogP contribution in [0.2, 0.25) is 0 Å². The molecule has 2 rings (SSSR count). The topological polar surface area (TPSA) is 32.3 Å². The number of aromatic hydroxyl groups is 1. The van der Waals surface area contributed by atoms with Gasteiger partial charge in [0.05, 0.1) is 5.37 Å². The SMILES string of the molecule is CC1CCNC(c2ccc(O)c(F)c2)S1. The van der Waals surface area contributed by atoms with Gasteiger partial charge >= 0.3 is 0 Å². The smallest absolute Gasteiger partial charge is 0.165 e. The van der Waals surface area contributed by atoms with Crippen LogP contribution in [0.1, 0.15) is 24.3 Å². The Labute approximate surface area is 92.9 Å². The Morgan fingerprint density at radius 1 is 1.53 bits per heavy atom. The van der Waals surface area contributed by atoms with E-state index in [0.717, 1.165) is 18.5 Å². The van der Waals surface area contributed by atoms with E-state index in [1.807, 2.05) is 0 Å². The van der Waals surface area contributed by atoms with Crippen LogP contribution in [0.3, 0.4) is 0 Å². The van der Waals surface area contributed by atoms with Gasteiger partial charge < -0.3 is 10.4 Å². The van der Waals surface area contributed by atoms with Gasteiger partial charge in [0.1, 0.15) is 0 Å². The van der Waals surface area contributed by atoms with Gasteiger partial charge in [0.25, 0.3) is 0 Å². The molecular formula is C11H14FNOS. The lowest BCUT2D eigenvalue weighted by Gasteiger charge is -2.28. The van der Waals surface area contributed by atoms with Gasteiger partial charge in [-0.3, -0.25) is 0 Å². The maximum Gasteiger partial charge on any atom is 0.165 e. The molecule has 0 saturated carbocycles. The third-order valence-electron chi connectivity index (χ3n) is 2.52. The zero-order valence-corrected chi connectivity index (χ0v) is 9.35. The van der Waals surface area contributed by atoms with Gasteiger partial charge in [-0.2, -0.15) is 0 Å². The van der Waals surface area contributed by atoms with Crippen molar-refractivity contribution in [2.75, 3.05) is 6.54 Å². The summed E-state index contributed by atoms with van der Waals surface area (Å²) < 4.78 is 13.1. The molecule has 0 aliphatic carbocycles. The minimum absolute atomic E-state index is 0.142. The second kappa shape index (κ2) is 4.41. The van der Waals surface area contributed by atoms with Gasteiger partial charge in [0.2, 0.25) is 0 Å². The number of phenolic OH excluding ortho intramolecular Hbond substituents is 1. The summed E-state index contributed by atoms with van der Waals surface area (Å²) >= 11 is 1.79. The van der Waals surface area contributed by atoms with Crippen molar-refractivity contribution in [1.82, 2.24) is 5.32 Å². The molecular weight excluding hydrogens is 213 g/mol. The van der Waals surface area contributed by atoms with E-state index >= 15 is 0 Å². The summed E-state index contributed by atoms with van der Waals surface area (Å²) in [4.78, 5) is 0. The van der Waals surface area contributed by atoms with E-state index in [1.54, 1.807) is 17.8 Å². The third kappa shape index (κ3) is 2.44. The molecule has 0 amide bonds. The summed E-state index contributed by atoms with van der Waals surface area (Å²) in [5, 5.41) is 13.2. The Bertz CT molecular complexity index is 358. The minimum Gasteiger partial charge on any atom is -0.505 e. The van der Waals surface area contributed by atoms with Gasteiger partial charge in [-0.25, -0.2) is 4.39 Å². The van der Waals surface area contributed by atoms with Gasteiger partial charge in [-0.1, -0.05) is 13.0 Å². The van der Waals surface area contributed by atoms with Crippen molar-refractivity contribution in [3.63, 3.8) is 0 Å². The number of nitrogens with one attached hydrogen (secondary N) is 1. The molecule has 0 radical (unpaired) electrons. The van der Waals surface area contributed by atoms with Crippen LogP contribution in [0, 0.1) is 5.82 Å². The number of halogens is 1. The summed E-state index contributed by atoms with van der Waals surface area (Å²) in [6.07, 6.45) is 1.14. The lowest BCUT2D eigenvalue weighted by atomic mass is 10.2. The van der Waals surface area contributed by atoms with Gasteiger partial charge in [0.15, 0.2) is 11.6 Å². The van der Waals surface area contributed by atoms with E-state index in [1.165, 1.54) is 12.1 Å². The first kappa shape index (κ1) is 10.8. The standard InChI is InChI=1S/C11H14FNOS/c1-7-4-5-13-11(15-7)8-2-3-10(14)9(12)6-8/h2-3,6-7,11,13-14H,4-5H2,1H3. The lowest BCUT2D eigenvalue weighted by molar-refractivity contribution is 0.431. The molecule has 2 nitrogen and oxygen atoms in total. The molecule has 0 bridgehead atoms. The second-order valence-corrected chi connectivity index (χ2v) is 5.33. The summed E-state index contributed by atoms with van der Waals surface area (Å²) in [5.74, 6) is -0.833. The first-order valence-corrected chi connectivity index (χ1v) is 5.98. The highest BCUT2D eigenvalue weighted by atomic mass is 32.2. The van der Waals surface area contributed by atoms with E-state index < -0.39 is 5.82 Å². The van der Waals surface area contributed by atoms with Gasteiger partial charge in [0, 0.05) is 5.25 Å². The largest absolute Gasteiger partial charge is 0.505 e. The van der Waals surface area contributed by atoms with Crippen LogP contribution in [0.15, 0.2) is 18.2 Å². The van der Waals surface area contributed by atoms with Crippen molar-refractivity contribution in [1.29, 1.82) is 0 Å². The molecule has 1 aromatic carbocycles. The molecule has 4 heteroatoms. The van der Waals surface area contributed by atoms with Crippen LogP contribution in [0.5, 0.6) is 5.75 Å². The van der Waals surface area contributed by atoms with Crippen molar-refractivity contribution in [3.05, 3.63) is 29.6 Å². The Hall–Kier alpha value is -0.740. The molecule has 82 valence electrons. The molecule has 2 N–H and O–H groups in total. The molecule has 0 aromatic heterocycles. The maximum absolute atomic E-state index is 13.1. The van der Waals surface area contributed by atoms with E-state index in [-0.39, 0.29) is 11.1 Å². The lowest BCUT2D eigenvalue weighted by Crippen LogP contribution is -2.28. The first-order chi connectivity index (χ1) is 7.16. The maximum atomic E-state index is 13.1. The molecule has 1 heterocycles. The summed E-state index contributed by atoms with van der Waals surface area (Å²) in [7, 11) is 0. The molecule has 15 heavy (non-hydrogen) atoms. The van der Waals surface area contributed by atoms with Crippen LogP contribution < -0.4 is 5.32 Å². The predicted octanol–water partition coefficient (Wildman–Crippen LogP) is 2.64. The predicted molar refractivity (Wildman–Crippen MR) is 60.5 cm³/mol. The number of benzene rings is 1. The molecule has 1 aliphatic rings. The molecule has 1 aliphatic heterocycles. The van der Waals surface area contributed by atoms with E-state index in [4.69, 9.17) is 5.11 Å². The highest BCUT2D eigenvalue weighted by Gasteiger charge is 2.20. The van der Waals surface area contributed by atoms with Crippen molar-refractivity contribution in [2.24, 2.45) is 0 Å². The quantitative estimate of drug-likeness (QED) is 0.773. The van der Waals surface area contributed by atoms with Crippen LogP contribution in [0.25, 0.3) is 0 Å². The number of rotatable bonds is 1. The normalized spacial score (nSPS) is 26.5. The van der Waals surface area contributed by atoms with Crippen LogP contribution in [0.4, 0.5) is 4.39 Å². The molecule has 1 aromatic rings. The van der Waals surface area contributed by atoms with E-state index in [9.17, 15) is 4.39 Å². The first-order valence-electron chi connectivity index (χ1n) is 5.04.